The van der Waals surface area contributed by atoms with Gasteiger partial charge in [-0.1, -0.05) is 66.7 Å². The first-order valence-corrected chi connectivity index (χ1v) is 14.2. The number of nitrogens with zero attached hydrogens (tertiary/aromatic N) is 5. The number of nitriles is 4. The van der Waals surface area contributed by atoms with Crippen molar-refractivity contribution >= 4 is 21.8 Å². The second-order valence-electron chi connectivity index (χ2n) is 10.7. The van der Waals surface area contributed by atoms with E-state index in [4.69, 9.17) is 0 Å². The summed E-state index contributed by atoms with van der Waals surface area (Å²) in [6.45, 7) is 0. The highest BCUT2D eigenvalue weighted by molar-refractivity contribution is 6.10. The summed E-state index contributed by atoms with van der Waals surface area (Å²) in [6, 6.07) is 49.8. The largest absolute Gasteiger partial charge is 0.309 e. The highest BCUT2D eigenvalue weighted by atomic mass is 15.0. The lowest BCUT2D eigenvalue weighted by molar-refractivity contribution is 1.18. The molecule has 45 heavy (non-hydrogen) atoms. The van der Waals surface area contributed by atoms with Crippen LogP contribution in [0.5, 0.6) is 0 Å². The molecule has 0 saturated heterocycles. The van der Waals surface area contributed by atoms with E-state index in [0.717, 1.165) is 60.9 Å². The number of benzene rings is 6. The van der Waals surface area contributed by atoms with E-state index >= 15 is 0 Å². The molecule has 0 bridgehead atoms. The van der Waals surface area contributed by atoms with E-state index in [-0.39, 0.29) is 0 Å². The topological polar surface area (TPSA) is 100 Å². The molecule has 0 radical (unpaired) electrons. The van der Waals surface area contributed by atoms with Crippen molar-refractivity contribution in [2.45, 2.75) is 0 Å². The second-order valence-corrected chi connectivity index (χ2v) is 10.7. The van der Waals surface area contributed by atoms with Crippen LogP contribution >= 0.6 is 0 Å². The molecule has 6 aromatic carbocycles. The van der Waals surface area contributed by atoms with Crippen molar-refractivity contribution in [1.82, 2.24) is 4.57 Å². The summed E-state index contributed by atoms with van der Waals surface area (Å²) in [5.41, 5.74) is 9.75. The van der Waals surface area contributed by atoms with Gasteiger partial charge in [0.05, 0.1) is 51.5 Å². The average Bonchev–Trinajstić information content (AvgIpc) is 3.44. The molecule has 5 heteroatoms. The number of hydrogen-bond acceptors (Lipinski definition) is 4. The van der Waals surface area contributed by atoms with Crippen LogP contribution in [0.2, 0.25) is 0 Å². The maximum Gasteiger partial charge on any atom is 0.100 e. The average molecular weight is 572 g/mol. The zero-order chi connectivity index (χ0) is 30.9. The molecule has 1 heterocycles. The minimum Gasteiger partial charge on any atom is -0.309 e. The molecule has 0 N–H and O–H groups in total. The highest BCUT2D eigenvalue weighted by Crippen LogP contribution is 2.38. The van der Waals surface area contributed by atoms with Gasteiger partial charge in [0.2, 0.25) is 0 Å². The van der Waals surface area contributed by atoms with Crippen molar-refractivity contribution in [2.75, 3.05) is 0 Å². The smallest absolute Gasteiger partial charge is 0.100 e. The maximum absolute atomic E-state index is 10.5. The van der Waals surface area contributed by atoms with Crippen LogP contribution in [0.4, 0.5) is 0 Å². The predicted molar refractivity (Wildman–Crippen MR) is 176 cm³/mol. The first kappa shape index (κ1) is 26.9. The van der Waals surface area contributed by atoms with E-state index in [9.17, 15) is 21.0 Å². The van der Waals surface area contributed by atoms with E-state index < -0.39 is 0 Å². The lowest BCUT2D eigenvalue weighted by Gasteiger charge is -2.14. The Bertz CT molecular complexity index is 2400. The number of hydrogen-bond donors (Lipinski definition) is 0. The molecule has 0 unspecified atom stereocenters. The third-order valence-electron chi connectivity index (χ3n) is 8.10. The summed E-state index contributed by atoms with van der Waals surface area (Å²) in [4.78, 5) is 0. The summed E-state index contributed by atoms with van der Waals surface area (Å²) in [7, 11) is 0. The molecule has 0 atom stereocenters. The molecule has 0 amide bonds. The van der Waals surface area contributed by atoms with E-state index in [1.165, 1.54) is 0 Å². The van der Waals surface area contributed by atoms with Gasteiger partial charge in [0.25, 0.3) is 0 Å². The minimum absolute atomic E-state index is 0.445. The third kappa shape index (κ3) is 4.65. The van der Waals surface area contributed by atoms with Gasteiger partial charge < -0.3 is 4.57 Å². The SMILES string of the molecule is N#Cc1cc(-c2cccc(-c3cccc(-c4ccccc4)c3)c2C#N)cc(-n2c3ccc(C#N)cc3c3cc(C#N)ccc32)c1. The van der Waals surface area contributed by atoms with Gasteiger partial charge >= 0.3 is 0 Å². The highest BCUT2D eigenvalue weighted by Gasteiger charge is 2.18. The predicted octanol–water partition coefficient (Wildman–Crippen LogP) is 9.27. The van der Waals surface area contributed by atoms with Crippen molar-refractivity contribution in [3.63, 3.8) is 0 Å². The first-order valence-electron chi connectivity index (χ1n) is 14.2. The Balaban J connectivity index is 1.44. The minimum atomic E-state index is 0.445. The molecule has 0 aliphatic carbocycles. The molecule has 0 aliphatic rings. The molecule has 7 aromatic rings. The Kier molecular flexibility index (Phi) is 6.62. The fourth-order valence-electron chi connectivity index (χ4n) is 6.05. The fourth-order valence-corrected chi connectivity index (χ4v) is 6.05. The third-order valence-corrected chi connectivity index (χ3v) is 8.10. The second kappa shape index (κ2) is 11.1. The molecule has 0 spiro atoms. The molecule has 7 rings (SSSR count). The van der Waals surface area contributed by atoms with Crippen LogP contribution in [0.1, 0.15) is 22.3 Å². The molecular weight excluding hydrogens is 550 g/mol. The molecule has 0 aliphatic heterocycles. The van der Waals surface area contributed by atoms with Gasteiger partial charge in [0.15, 0.2) is 0 Å². The quantitative estimate of drug-likeness (QED) is 0.210. The van der Waals surface area contributed by atoms with Crippen LogP contribution in [0, 0.1) is 45.3 Å². The van der Waals surface area contributed by atoms with Gasteiger partial charge in [0.1, 0.15) is 6.07 Å². The van der Waals surface area contributed by atoms with E-state index in [2.05, 4.69) is 48.5 Å². The Morgan fingerprint density at radius 3 is 1.60 bits per heavy atom. The van der Waals surface area contributed by atoms with Gasteiger partial charge in [0, 0.05) is 27.6 Å². The van der Waals surface area contributed by atoms with Crippen molar-refractivity contribution < 1.29 is 0 Å². The van der Waals surface area contributed by atoms with Gasteiger partial charge in [-0.25, -0.2) is 0 Å². The molecule has 0 saturated carbocycles. The standard InChI is InChI=1S/C40H21N5/c41-22-26-12-14-39-36(18-26)37-19-27(23-42)13-15-40(37)45(39)33-17-28(24-43)16-32(21-33)35-11-5-10-34(38(35)25-44)31-9-4-8-30(20-31)29-6-2-1-3-7-29/h1-21H. The van der Waals surface area contributed by atoms with Crippen LogP contribution in [0.25, 0.3) is 60.9 Å². The molecule has 0 fully saturated rings. The Hall–Kier alpha value is -6.92. The number of rotatable bonds is 4. The Morgan fingerprint density at radius 1 is 0.400 bits per heavy atom. The summed E-state index contributed by atoms with van der Waals surface area (Å²) in [5.74, 6) is 0. The summed E-state index contributed by atoms with van der Waals surface area (Å²) >= 11 is 0. The van der Waals surface area contributed by atoms with Crippen LogP contribution in [0.15, 0.2) is 127 Å². The first-order chi connectivity index (χ1) is 22.1. The van der Waals surface area contributed by atoms with Gasteiger partial charge in [-0.15, -0.1) is 0 Å². The fraction of sp³-hybridized carbons (Fsp3) is 0. The van der Waals surface area contributed by atoms with Crippen molar-refractivity contribution in [2.24, 2.45) is 0 Å². The zero-order valence-electron chi connectivity index (χ0n) is 23.9. The maximum atomic E-state index is 10.5. The van der Waals surface area contributed by atoms with Gasteiger partial charge in [-0.3, -0.25) is 0 Å². The summed E-state index contributed by atoms with van der Waals surface area (Å²) in [6.07, 6.45) is 0. The number of aromatic nitrogens is 1. The summed E-state index contributed by atoms with van der Waals surface area (Å²) in [5, 5.41) is 41.4. The van der Waals surface area contributed by atoms with Gasteiger partial charge in [-0.05, 0) is 82.9 Å². The van der Waals surface area contributed by atoms with Crippen molar-refractivity contribution in [3.8, 4) is 63.3 Å². The normalized spacial score (nSPS) is 10.6. The van der Waals surface area contributed by atoms with Crippen molar-refractivity contribution in [1.29, 1.82) is 21.0 Å². The van der Waals surface area contributed by atoms with E-state index in [0.29, 0.717) is 22.3 Å². The van der Waals surface area contributed by atoms with Crippen LogP contribution < -0.4 is 0 Å². The van der Waals surface area contributed by atoms with Crippen LogP contribution in [0.3, 0.4) is 0 Å². The molecule has 1 aromatic heterocycles. The summed E-state index contributed by atoms with van der Waals surface area (Å²) < 4.78 is 2.04. The van der Waals surface area contributed by atoms with Crippen LogP contribution in [-0.2, 0) is 0 Å². The van der Waals surface area contributed by atoms with Gasteiger partial charge in [-0.2, -0.15) is 21.0 Å². The Labute approximate surface area is 259 Å². The molecular formula is C40H21N5. The van der Waals surface area contributed by atoms with Crippen molar-refractivity contribution in [3.05, 3.63) is 150 Å². The molecule has 206 valence electrons. The van der Waals surface area contributed by atoms with E-state index in [1.54, 1.807) is 18.2 Å². The lowest BCUT2D eigenvalue weighted by Crippen LogP contribution is -1.97. The monoisotopic (exact) mass is 571 g/mol. The zero-order valence-corrected chi connectivity index (χ0v) is 23.9. The molecule has 5 nitrogen and oxygen atoms in total. The number of fused-ring (bicyclic) bond motifs is 3. The van der Waals surface area contributed by atoms with Crippen LogP contribution in [-0.4, -0.2) is 4.57 Å². The van der Waals surface area contributed by atoms with E-state index in [1.807, 2.05) is 89.5 Å². The Morgan fingerprint density at radius 2 is 0.978 bits per heavy atom. The lowest BCUT2D eigenvalue weighted by atomic mass is 9.90.